The van der Waals surface area contributed by atoms with Crippen molar-refractivity contribution in [1.29, 1.82) is 0 Å². The van der Waals surface area contributed by atoms with Gasteiger partial charge in [0.15, 0.2) is 0 Å². The van der Waals surface area contributed by atoms with E-state index < -0.39 is 0 Å². The van der Waals surface area contributed by atoms with Crippen molar-refractivity contribution in [2.24, 2.45) is 5.92 Å². The number of rotatable bonds is 6. The first-order valence-corrected chi connectivity index (χ1v) is 5.36. The first-order valence-electron chi connectivity index (χ1n) is 5.36. The van der Waals surface area contributed by atoms with Crippen molar-refractivity contribution in [3.8, 4) is 0 Å². The maximum Gasteiger partial charge on any atom is 0.0499 e. The number of hydrogen-bond acceptors (Lipinski definition) is 3. The van der Waals surface area contributed by atoms with Crippen LogP contribution in [0.15, 0.2) is 24.5 Å². The first kappa shape index (κ1) is 12.1. The van der Waals surface area contributed by atoms with Crippen LogP contribution in [0.2, 0.25) is 0 Å². The molecule has 0 aliphatic heterocycles. The molecule has 0 aliphatic rings. The molecule has 3 heteroatoms. The number of methoxy groups -OCH3 is 1. The van der Waals surface area contributed by atoms with Crippen LogP contribution in [0.3, 0.4) is 0 Å². The maximum atomic E-state index is 5.09. The summed E-state index contributed by atoms with van der Waals surface area (Å²) in [6.45, 7) is 6.11. The van der Waals surface area contributed by atoms with Crippen LogP contribution in [-0.4, -0.2) is 25.2 Å². The Balaban J connectivity index is 2.33. The van der Waals surface area contributed by atoms with E-state index in [1.165, 1.54) is 5.56 Å². The Labute approximate surface area is 91.9 Å². The highest BCUT2D eigenvalue weighted by atomic mass is 16.5. The lowest BCUT2D eigenvalue weighted by molar-refractivity contribution is 0.157. The van der Waals surface area contributed by atoms with Crippen molar-refractivity contribution in [3.05, 3.63) is 30.1 Å². The van der Waals surface area contributed by atoms with E-state index in [4.69, 9.17) is 4.74 Å². The van der Waals surface area contributed by atoms with Crippen molar-refractivity contribution in [3.63, 3.8) is 0 Å². The zero-order valence-electron chi connectivity index (χ0n) is 9.73. The number of ether oxygens (including phenoxy) is 1. The van der Waals surface area contributed by atoms with Gasteiger partial charge in [-0.1, -0.05) is 6.92 Å². The van der Waals surface area contributed by atoms with E-state index in [-0.39, 0.29) is 0 Å². The second-order valence-corrected chi connectivity index (χ2v) is 3.97. The summed E-state index contributed by atoms with van der Waals surface area (Å²) in [7, 11) is 1.74. The smallest absolute Gasteiger partial charge is 0.0499 e. The van der Waals surface area contributed by atoms with Gasteiger partial charge in [-0.05, 0) is 30.5 Å². The third kappa shape index (κ3) is 4.40. The average molecular weight is 208 g/mol. The van der Waals surface area contributed by atoms with Gasteiger partial charge in [0.2, 0.25) is 0 Å². The SMILES string of the molecule is COCC(C)CN[C@H](C)c1ccncc1. The molecule has 1 unspecified atom stereocenters. The lowest BCUT2D eigenvalue weighted by atomic mass is 10.1. The Morgan fingerprint density at radius 3 is 2.60 bits per heavy atom. The van der Waals surface area contributed by atoms with E-state index in [2.05, 4.69) is 24.1 Å². The van der Waals surface area contributed by atoms with E-state index in [1.807, 2.05) is 24.5 Å². The Hall–Kier alpha value is -0.930. The molecule has 2 atom stereocenters. The summed E-state index contributed by atoms with van der Waals surface area (Å²) in [4.78, 5) is 4.00. The van der Waals surface area contributed by atoms with Gasteiger partial charge >= 0.3 is 0 Å². The van der Waals surface area contributed by atoms with E-state index in [0.717, 1.165) is 13.2 Å². The van der Waals surface area contributed by atoms with E-state index in [1.54, 1.807) is 7.11 Å². The number of pyridine rings is 1. The molecule has 0 saturated carbocycles. The van der Waals surface area contributed by atoms with Crippen molar-refractivity contribution in [2.75, 3.05) is 20.3 Å². The molecule has 84 valence electrons. The maximum absolute atomic E-state index is 5.09. The Kier molecular flexibility index (Phi) is 5.29. The van der Waals surface area contributed by atoms with Crippen LogP contribution < -0.4 is 5.32 Å². The number of hydrogen-bond donors (Lipinski definition) is 1. The van der Waals surface area contributed by atoms with Gasteiger partial charge in [-0.15, -0.1) is 0 Å². The summed E-state index contributed by atoms with van der Waals surface area (Å²) in [5, 5.41) is 3.48. The standard InChI is InChI=1S/C12H20N2O/c1-10(9-15-3)8-14-11(2)12-4-6-13-7-5-12/h4-7,10-11,14H,8-9H2,1-3H3/t10?,11-/m1/s1. The highest BCUT2D eigenvalue weighted by molar-refractivity contribution is 5.13. The van der Waals surface area contributed by atoms with Crippen LogP contribution in [0.5, 0.6) is 0 Å². The highest BCUT2D eigenvalue weighted by Gasteiger charge is 2.06. The molecule has 1 aromatic heterocycles. The minimum Gasteiger partial charge on any atom is -0.384 e. The molecule has 0 saturated heterocycles. The normalized spacial score (nSPS) is 14.9. The average Bonchev–Trinajstić information content (AvgIpc) is 2.27. The minimum atomic E-state index is 0.368. The second-order valence-electron chi connectivity index (χ2n) is 3.97. The third-order valence-electron chi connectivity index (χ3n) is 2.43. The van der Waals surface area contributed by atoms with E-state index in [0.29, 0.717) is 12.0 Å². The zero-order chi connectivity index (χ0) is 11.1. The molecule has 1 N–H and O–H groups in total. The number of nitrogens with zero attached hydrogens (tertiary/aromatic N) is 1. The molecule has 0 bridgehead atoms. The fourth-order valence-corrected chi connectivity index (χ4v) is 1.49. The first-order chi connectivity index (χ1) is 7.24. The molecular formula is C12H20N2O. The van der Waals surface area contributed by atoms with Crippen molar-refractivity contribution < 1.29 is 4.74 Å². The fourth-order valence-electron chi connectivity index (χ4n) is 1.49. The van der Waals surface area contributed by atoms with Gasteiger partial charge < -0.3 is 10.1 Å². The molecule has 0 fully saturated rings. The summed E-state index contributed by atoms with van der Waals surface area (Å²) < 4.78 is 5.09. The molecule has 1 aromatic rings. The van der Waals surface area contributed by atoms with Crippen molar-refractivity contribution in [2.45, 2.75) is 19.9 Å². The minimum absolute atomic E-state index is 0.368. The van der Waals surface area contributed by atoms with Crippen LogP contribution in [0, 0.1) is 5.92 Å². The molecule has 0 aliphatic carbocycles. The summed E-state index contributed by atoms with van der Waals surface area (Å²) >= 11 is 0. The van der Waals surface area contributed by atoms with Gasteiger partial charge in [0, 0.05) is 38.7 Å². The molecule has 0 radical (unpaired) electrons. The molecule has 0 spiro atoms. The van der Waals surface area contributed by atoms with Gasteiger partial charge in [-0.2, -0.15) is 0 Å². The lowest BCUT2D eigenvalue weighted by Gasteiger charge is -2.17. The summed E-state index contributed by atoms with van der Waals surface area (Å²) in [5.74, 6) is 0.541. The molecule has 3 nitrogen and oxygen atoms in total. The van der Waals surface area contributed by atoms with Crippen LogP contribution in [-0.2, 0) is 4.74 Å². The van der Waals surface area contributed by atoms with Crippen LogP contribution >= 0.6 is 0 Å². The second kappa shape index (κ2) is 6.53. The largest absolute Gasteiger partial charge is 0.384 e. The van der Waals surface area contributed by atoms with Crippen molar-refractivity contribution in [1.82, 2.24) is 10.3 Å². The Morgan fingerprint density at radius 2 is 2.00 bits per heavy atom. The number of aromatic nitrogens is 1. The predicted molar refractivity (Wildman–Crippen MR) is 61.7 cm³/mol. The molecular weight excluding hydrogens is 188 g/mol. The lowest BCUT2D eigenvalue weighted by Crippen LogP contribution is -2.26. The highest BCUT2D eigenvalue weighted by Crippen LogP contribution is 2.10. The van der Waals surface area contributed by atoms with Gasteiger partial charge in [-0.3, -0.25) is 4.98 Å². The van der Waals surface area contributed by atoms with E-state index >= 15 is 0 Å². The summed E-state index contributed by atoms with van der Waals surface area (Å²) in [6, 6.07) is 4.45. The Bertz CT molecular complexity index is 264. The number of nitrogens with one attached hydrogen (secondary N) is 1. The quantitative estimate of drug-likeness (QED) is 0.776. The third-order valence-corrected chi connectivity index (χ3v) is 2.43. The predicted octanol–water partition coefficient (Wildman–Crippen LogP) is 2.01. The summed E-state index contributed by atoms with van der Waals surface area (Å²) in [6.07, 6.45) is 3.65. The van der Waals surface area contributed by atoms with Crippen LogP contribution in [0.4, 0.5) is 0 Å². The molecule has 1 rings (SSSR count). The fraction of sp³-hybridized carbons (Fsp3) is 0.583. The zero-order valence-corrected chi connectivity index (χ0v) is 9.73. The molecule has 0 aromatic carbocycles. The van der Waals surface area contributed by atoms with Crippen LogP contribution in [0.25, 0.3) is 0 Å². The van der Waals surface area contributed by atoms with Gasteiger partial charge in [-0.25, -0.2) is 0 Å². The van der Waals surface area contributed by atoms with Crippen molar-refractivity contribution >= 4 is 0 Å². The summed E-state index contributed by atoms with van der Waals surface area (Å²) in [5.41, 5.74) is 1.27. The monoisotopic (exact) mass is 208 g/mol. The molecule has 1 heterocycles. The van der Waals surface area contributed by atoms with Gasteiger partial charge in [0.1, 0.15) is 0 Å². The van der Waals surface area contributed by atoms with Crippen LogP contribution in [0.1, 0.15) is 25.5 Å². The molecule has 0 amide bonds. The van der Waals surface area contributed by atoms with Gasteiger partial charge in [0.25, 0.3) is 0 Å². The van der Waals surface area contributed by atoms with E-state index in [9.17, 15) is 0 Å². The molecule has 15 heavy (non-hydrogen) atoms. The Morgan fingerprint density at radius 1 is 1.33 bits per heavy atom. The van der Waals surface area contributed by atoms with Gasteiger partial charge in [0.05, 0.1) is 0 Å². The topological polar surface area (TPSA) is 34.1 Å².